The van der Waals surface area contributed by atoms with E-state index in [2.05, 4.69) is 93.7 Å². The highest BCUT2D eigenvalue weighted by Gasteiger charge is 2.19. The molecule has 0 saturated carbocycles. The van der Waals surface area contributed by atoms with Crippen molar-refractivity contribution in [2.45, 2.75) is 297 Å². The Labute approximate surface area is 427 Å². The molecule has 6 nitrogen and oxygen atoms in total. The summed E-state index contributed by atoms with van der Waals surface area (Å²) in [5.74, 6) is -0.938. The van der Waals surface area contributed by atoms with Gasteiger partial charge >= 0.3 is 17.9 Å². The van der Waals surface area contributed by atoms with Crippen molar-refractivity contribution >= 4 is 17.9 Å². The topological polar surface area (TPSA) is 78.9 Å². The Kier molecular flexibility index (Phi) is 54.8. The van der Waals surface area contributed by atoms with Gasteiger partial charge < -0.3 is 14.2 Å². The average Bonchev–Trinajstić information content (AvgIpc) is 3.35. The van der Waals surface area contributed by atoms with E-state index in [1.165, 1.54) is 141 Å². The third kappa shape index (κ3) is 55.6. The Bertz CT molecular complexity index is 1290. The molecule has 0 aliphatic carbocycles. The number of allylic oxidation sites excluding steroid dienone is 12. The molecule has 1 atom stereocenters. The average molecular weight is 964 g/mol. The molecule has 0 aliphatic heterocycles. The zero-order chi connectivity index (χ0) is 50.0. The van der Waals surface area contributed by atoms with Gasteiger partial charge in [0.05, 0.1) is 0 Å². The summed E-state index contributed by atoms with van der Waals surface area (Å²) in [5, 5.41) is 0. The van der Waals surface area contributed by atoms with E-state index in [1.54, 1.807) is 0 Å². The van der Waals surface area contributed by atoms with Crippen molar-refractivity contribution in [1.82, 2.24) is 0 Å². The maximum Gasteiger partial charge on any atom is 0.306 e. The highest BCUT2D eigenvalue weighted by molar-refractivity contribution is 5.71. The van der Waals surface area contributed by atoms with E-state index in [1.807, 2.05) is 0 Å². The van der Waals surface area contributed by atoms with E-state index in [0.717, 1.165) is 109 Å². The number of esters is 3. The number of hydrogen-bond donors (Lipinski definition) is 0. The maximum absolute atomic E-state index is 12.9. The number of rotatable bonds is 53. The van der Waals surface area contributed by atoms with Crippen molar-refractivity contribution in [2.24, 2.45) is 0 Å². The van der Waals surface area contributed by atoms with Gasteiger partial charge in [0, 0.05) is 19.3 Å². The molecule has 0 rings (SSSR count). The molecule has 0 heterocycles. The number of carbonyl (C=O) groups is 3. The smallest absolute Gasteiger partial charge is 0.306 e. The molecular weight excluding hydrogens is 853 g/mol. The van der Waals surface area contributed by atoms with Crippen LogP contribution in [0.15, 0.2) is 72.9 Å². The fraction of sp³-hybridized carbons (Fsp3) is 0.762. The Morgan fingerprint density at radius 2 is 0.565 bits per heavy atom. The van der Waals surface area contributed by atoms with Gasteiger partial charge in [0.1, 0.15) is 13.2 Å². The zero-order valence-electron chi connectivity index (χ0n) is 45.6. The summed E-state index contributed by atoms with van der Waals surface area (Å²) < 4.78 is 16.8. The largest absolute Gasteiger partial charge is 0.462 e. The van der Waals surface area contributed by atoms with E-state index in [9.17, 15) is 14.4 Å². The van der Waals surface area contributed by atoms with Gasteiger partial charge in [-0.3, -0.25) is 14.4 Å². The van der Waals surface area contributed by atoms with Gasteiger partial charge in [-0.25, -0.2) is 0 Å². The molecule has 69 heavy (non-hydrogen) atoms. The fourth-order valence-corrected chi connectivity index (χ4v) is 8.29. The standard InChI is InChI=1S/C63H110O6/c1-4-7-10-13-16-19-22-25-28-29-30-31-32-33-36-39-42-45-48-51-54-57-63(66)69-60(58-67-61(64)55-52-49-46-43-40-37-34-26-23-20-17-14-11-8-5-2)59-68-62(65)56-53-50-47-44-41-38-35-27-24-21-18-15-12-9-6-3/h8,11,17-18,20-21,26-27,34-35,41,44,60H,4-7,9-10,12-16,19,22-25,28-33,36-40,42-43,45-59H2,1-3H3/b11-8-,20-17-,21-18-,34-26-,35-27-,44-41-/t60-/m1/s1. The molecule has 0 aliphatic rings. The first-order valence-corrected chi connectivity index (χ1v) is 29.4. The quantitative estimate of drug-likeness (QED) is 0.0262. The summed E-state index contributed by atoms with van der Waals surface area (Å²) in [5.41, 5.74) is 0. The van der Waals surface area contributed by atoms with Gasteiger partial charge in [0.2, 0.25) is 0 Å². The molecular formula is C63H110O6. The lowest BCUT2D eigenvalue weighted by Gasteiger charge is -2.18. The maximum atomic E-state index is 12.9. The van der Waals surface area contributed by atoms with Gasteiger partial charge in [0.15, 0.2) is 6.10 Å². The highest BCUT2D eigenvalue weighted by atomic mass is 16.6. The number of hydrogen-bond acceptors (Lipinski definition) is 6. The molecule has 0 aromatic rings. The second kappa shape index (κ2) is 57.4. The Morgan fingerprint density at radius 3 is 0.942 bits per heavy atom. The van der Waals surface area contributed by atoms with Crippen molar-refractivity contribution in [3.8, 4) is 0 Å². The van der Waals surface area contributed by atoms with Gasteiger partial charge in [-0.05, 0) is 89.9 Å². The van der Waals surface area contributed by atoms with Crippen LogP contribution in [-0.4, -0.2) is 37.2 Å². The Hall–Kier alpha value is -3.15. The van der Waals surface area contributed by atoms with Gasteiger partial charge in [0.25, 0.3) is 0 Å². The van der Waals surface area contributed by atoms with E-state index in [-0.39, 0.29) is 31.1 Å². The molecule has 0 aromatic carbocycles. The van der Waals surface area contributed by atoms with E-state index in [4.69, 9.17) is 14.2 Å². The molecule has 0 N–H and O–H groups in total. The fourth-order valence-electron chi connectivity index (χ4n) is 8.29. The van der Waals surface area contributed by atoms with Crippen LogP contribution in [0.4, 0.5) is 0 Å². The zero-order valence-corrected chi connectivity index (χ0v) is 45.6. The van der Waals surface area contributed by atoms with Crippen LogP contribution in [0.5, 0.6) is 0 Å². The van der Waals surface area contributed by atoms with Crippen molar-refractivity contribution in [1.29, 1.82) is 0 Å². The molecule has 0 spiro atoms. The van der Waals surface area contributed by atoms with Crippen LogP contribution < -0.4 is 0 Å². The van der Waals surface area contributed by atoms with Crippen molar-refractivity contribution in [3.05, 3.63) is 72.9 Å². The molecule has 0 aromatic heterocycles. The summed E-state index contributed by atoms with van der Waals surface area (Å²) in [6.45, 7) is 6.48. The summed E-state index contributed by atoms with van der Waals surface area (Å²) in [4.78, 5) is 38.2. The summed E-state index contributed by atoms with van der Waals surface area (Å²) in [6.07, 6.45) is 73.3. The van der Waals surface area contributed by atoms with Crippen molar-refractivity contribution < 1.29 is 28.6 Å². The minimum atomic E-state index is -0.797. The van der Waals surface area contributed by atoms with Crippen LogP contribution >= 0.6 is 0 Å². The summed E-state index contributed by atoms with van der Waals surface area (Å²) >= 11 is 0. The van der Waals surface area contributed by atoms with Gasteiger partial charge in [-0.2, -0.15) is 0 Å². The molecule has 0 amide bonds. The first-order chi connectivity index (χ1) is 34.0. The third-order valence-corrected chi connectivity index (χ3v) is 12.7. The number of ether oxygens (including phenoxy) is 3. The first kappa shape index (κ1) is 65.8. The predicted molar refractivity (Wildman–Crippen MR) is 298 cm³/mol. The lowest BCUT2D eigenvalue weighted by molar-refractivity contribution is -0.167. The Balaban J connectivity index is 4.39. The second-order valence-corrected chi connectivity index (χ2v) is 19.5. The monoisotopic (exact) mass is 963 g/mol. The van der Waals surface area contributed by atoms with E-state index >= 15 is 0 Å². The molecule has 0 fully saturated rings. The van der Waals surface area contributed by atoms with Crippen LogP contribution in [0.1, 0.15) is 290 Å². The predicted octanol–water partition coefficient (Wildman–Crippen LogP) is 19.8. The molecule has 6 heteroatoms. The minimum absolute atomic E-state index is 0.0946. The van der Waals surface area contributed by atoms with Crippen LogP contribution in [0, 0.1) is 0 Å². The van der Waals surface area contributed by atoms with E-state index < -0.39 is 6.10 Å². The van der Waals surface area contributed by atoms with Crippen molar-refractivity contribution in [3.63, 3.8) is 0 Å². The first-order valence-electron chi connectivity index (χ1n) is 29.4. The second-order valence-electron chi connectivity index (χ2n) is 19.5. The summed E-state index contributed by atoms with van der Waals surface area (Å²) in [6, 6.07) is 0. The molecule has 0 saturated heterocycles. The van der Waals surface area contributed by atoms with Gasteiger partial charge in [-0.15, -0.1) is 0 Å². The Morgan fingerprint density at radius 1 is 0.304 bits per heavy atom. The third-order valence-electron chi connectivity index (χ3n) is 12.7. The highest BCUT2D eigenvalue weighted by Crippen LogP contribution is 2.16. The number of carbonyl (C=O) groups excluding carboxylic acids is 3. The SMILES string of the molecule is CC/C=C\C/C=C\C/C=C\CCCCCCCC(=O)OC[C@H](COC(=O)CCCC/C=C\C/C=C\C/C=C\CCCCC)OC(=O)CCCCCCCCCCCCCCCCCCCCCCC. The normalized spacial score (nSPS) is 12.6. The lowest BCUT2D eigenvalue weighted by atomic mass is 10.0. The molecule has 398 valence electrons. The lowest BCUT2D eigenvalue weighted by Crippen LogP contribution is -2.30. The van der Waals surface area contributed by atoms with Crippen LogP contribution in [-0.2, 0) is 28.6 Å². The van der Waals surface area contributed by atoms with E-state index in [0.29, 0.717) is 19.3 Å². The summed E-state index contributed by atoms with van der Waals surface area (Å²) in [7, 11) is 0. The number of unbranched alkanes of at least 4 members (excludes halogenated alkanes) is 30. The minimum Gasteiger partial charge on any atom is -0.462 e. The molecule has 0 radical (unpaired) electrons. The van der Waals surface area contributed by atoms with Crippen molar-refractivity contribution in [2.75, 3.05) is 13.2 Å². The molecule has 0 unspecified atom stereocenters. The van der Waals surface area contributed by atoms with Crippen LogP contribution in [0.2, 0.25) is 0 Å². The van der Waals surface area contributed by atoms with Crippen LogP contribution in [0.25, 0.3) is 0 Å². The van der Waals surface area contributed by atoms with Gasteiger partial charge in [-0.1, -0.05) is 254 Å². The van der Waals surface area contributed by atoms with Crippen LogP contribution in [0.3, 0.4) is 0 Å². The molecule has 0 bridgehead atoms.